The van der Waals surface area contributed by atoms with E-state index in [9.17, 15) is 0 Å². The van der Waals surface area contributed by atoms with Gasteiger partial charge < -0.3 is 10.2 Å². The zero-order valence-corrected chi connectivity index (χ0v) is 9.87. The van der Waals surface area contributed by atoms with Crippen molar-refractivity contribution in [1.82, 2.24) is 10.2 Å². The minimum absolute atomic E-state index is 1.07. The van der Waals surface area contributed by atoms with Crippen LogP contribution in [0.1, 0.15) is 12.5 Å². The monoisotopic (exact) mass is 206 g/mol. The zero-order valence-electron chi connectivity index (χ0n) is 9.87. The molecule has 2 heteroatoms. The summed E-state index contributed by atoms with van der Waals surface area (Å²) in [5.41, 5.74) is 1.41. The molecule has 1 rings (SSSR count). The van der Waals surface area contributed by atoms with Gasteiger partial charge in [0.05, 0.1) is 0 Å². The van der Waals surface area contributed by atoms with Crippen molar-refractivity contribution in [2.24, 2.45) is 0 Å². The second-order valence-corrected chi connectivity index (χ2v) is 3.88. The third-order valence-corrected chi connectivity index (χ3v) is 2.64. The molecule has 0 radical (unpaired) electrons. The van der Waals surface area contributed by atoms with E-state index in [2.05, 4.69) is 54.5 Å². The predicted octanol–water partition coefficient (Wildman–Crippen LogP) is 1.77. The topological polar surface area (TPSA) is 15.3 Å². The van der Waals surface area contributed by atoms with Crippen LogP contribution in [-0.2, 0) is 6.42 Å². The molecule has 2 nitrogen and oxygen atoms in total. The molecule has 0 bridgehead atoms. The van der Waals surface area contributed by atoms with Crippen LogP contribution in [0.4, 0.5) is 0 Å². The van der Waals surface area contributed by atoms with E-state index in [0.717, 1.165) is 32.6 Å². The van der Waals surface area contributed by atoms with Crippen molar-refractivity contribution in [3.05, 3.63) is 35.9 Å². The van der Waals surface area contributed by atoms with Gasteiger partial charge in [-0.2, -0.15) is 0 Å². The van der Waals surface area contributed by atoms with Crippen LogP contribution in [0.15, 0.2) is 30.3 Å². The van der Waals surface area contributed by atoms with Crippen LogP contribution in [0.5, 0.6) is 0 Å². The third-order valence-electron chi connectivity index (χ3n) is 2.64. The molecule has 0 aromatic heterocycles. The number of hydrogen-bond acceptors (Lipinski definition) is 2. The summed E-state index contributed by atoms with van der Waals surface area (Å²) in [4.78, 5) is 2.31. The van der Waals surface area contributed by atoms with Gasteiger partial charge in [-0.05, 0) is 32.1 Å². The molecule has 0 aliphatic rings. The highest BCUT2D eigenvalue weighted by Gasteiger charge is 1.94. The molecule has 84 valence electrons. The Hall–Kier alpha value is -0.860. The summed E-state index contributed by atoms with van der Waals surface area (Å²) in [7, 11) is 2.15. The number of hydrogen-bond donors (Lipinski definition) is 1. The van der Waals surface area contributed by atoms with E-state index in [0.29, 0.717) is 0 Å². The molecule has 0 aliphatic carbocycles. The molecule has 0 fully saturated rings. The average molecular weight is 206 g/mol. The Labute approximate surface area is 93.3 Å². The number of benzene rings is 1. The van der Waals surface area contributed by atoms with Gasteiger partial charge in [-0.25, -0.2) is 0 Å². The fourth-order valence-corrected chi connectivity index (χ4v) is 1.43. The summed E-state index contributed by atoms with van der Waals surface area (Å²) in [6.45, 7) is 6.59. The fourth-order valence-electron chi connectivity index (χ4n) is 1.43. The summed E-state index contributed by atoms with van der Waals surface area (Å²) in [6, 6.07) is 10.6. The van der Waals surface area contributed by atoms with E-state index >= 15 is 0 Å². The van der Waals surface area contributed by atoms with Gasteiger partial charge in [0.2, 0.25) is 0 Å². The Morgan fingerprint density at radius 1 is 1.13 bits per heavy atom. The van der Waals surface area contributed by atoms with Crippen LogP contribution in [0.25, 0.3) is 0 Å². The number of nitrogens with zero attached hydrogens (tertiary/aromatic N) is 1. The lowest BCUT2D eigenvalue weighted by Crippen LogP contribution is -2.30. The van der Waals surface area contributed by atoms with Crippen LogP contribution in [0.3, 0.4) is 0 Å². The Morgan fingerprint density at radius 2 is 1.87 bits per heavy atom. The Kier molecular flexibility index (Phi) is 6.05. The molecule has 15 heavy (non-hydrogen) atoms. The van der Waals surface area contributed by atoms with Crippen LogP contribution in [0.2, 0.25) is 0 Å². The van der Waals surface area contributed by atoms with E-state index in [1.807, 2.05) is 0 Å². The molecule has 0 heterocycles. The lowest BCUT2D eigenvalue weighted by atomic mass is 10.1. The molecule has 0 aliphatic heterocycles. The molecule has 0 unspecified atom stereocenters. The van der Waals surface area contributed by atoms with Crippen molar-refractivity contribution >= 4 is 0 Å². The van der Waals surface area contributed by atoms with Crippen molar-refractivity contribution in [3.63, 3.8) is 0 Å². The maximum atomic E-state index is 3.46. The first-order chi connectivity index (χ1) is 7.33. The van der Waals surface area contributed by atoms with Gasteiger partial charge in [-0.15, -0.1) is 0 Å². The highest BCUT2D eigenvalue weighted by Crippen LogP contribution is 1.97. The third kappa shape index (κ3) is 5.55. The van der Waals surface area contributed by atoms with Gasteiger partial charge >= 0.3 is 0 Å². The zero-order chi connectivity index (χ0) is 10.9. The molecule has 0 amide bonds. The number of likely N-dealkylation sites (N-methyl/N-ethyl adjacent to an activating group) is 1. The van der Waals surface area contributed by atoms with Gasteiger partial charge in [0.1, 0.15) is 0 Å². The SMILES string of the molecule is CCN(C)CCNCCc1ccccc1. The van der Waals surface area contributed by atoms with Crippen molar-refractivity contribution in [1.29, 1.82) is 0 Å². The molecular weight excluding hydrogens is 184 g/mol. The quantitative estimate of drug-likeness (QED) is 0.684. The normalized spacial score (nSPS) is 10.9. The van der Waals surface area contributed by atoms with Gasteiger partial charge in [0, 0.05) is 13.1 Å². The standard InChI is InChI=1S/C13H22N2/c1-3-15(2)12-11-14-10-9-13-7-5-4-6-8-13/h4-8,14H,3,9-12H2,1-2H3. The van der Waals surface area contributed by atoms with E-state index < -0.39 is 0 Å². The summed E-state index contributed by atoms with van der Waals surface area (Å²) < 4.78 is 0. The van der Waals surface area contributed by atoms with Crippen molar-refractivity contribution < 1.29 is 0 Å². The van der Waals surface area contributed by atoms with Crippen LogP contribution in [-0.4, -0.2) is 38.1 Å². The molecule has 0 spiro atoms. The van der Waals surface area contributed by atoms with Crippen LogP contribution in [0, 0.1) is 0 Å². The minimum Gasteiger partial charge on any atom is -0.315 e. The van der Waals surface area contributed by atoms with E-state index in [1.165, 1.54) is 5.56 Å². The highest BCUT2D eigenvalue weighted by atomic mass is 15.1. The molecule has 1 aromatic carbocycles. The molecular formula is C13H22N2. The largest absolute Gasteiger partial charge is 0.315 e. The Bertz CT molecular complexity index is 246. The molecule has 0 saturated heterocycles. The predicted molar refractivity (Wildman–Crippen MR) is 66.2 cm³/mol. The first kappa shape index (κ1) is 12.2. The van der Waals surface area contributed by atoms with Gasteiger partial charge in [-0.3, -0.25) is 0 Å². The molecule has 0 atom stereocenters. The van der Waals surface area contributed by atoms with Gasteiger partial charge in [0.15, 0.2) is 0 Å². The maximum absolute atomic E-state index is 3.46. The number of rotatable bonds is 7. The highest BCUT2D eigenvalue weighted by molar-refractivity contribution is 5.14. The second-order valence-electron chi connectivity index (χ2n) is 3.88. The molecule has 1 N–H and O–H groups in total. The smallest absolute Gasteiger partial charge is 0.0104 e. The van der Waals surface area contributed by atoms with Crippen LogP contribution >= 0.6 is 0 Å². The van der Waals surface area contributed by atoms with Crippen molar-refractivity contribution in [2.45, 2.75) is 13.3 Å². The van der Waals surface area contributed by atoms with Crippen molar-refractivity contribution in [2.75, 3.05) is 33.2 Å². The molecule has 0 saturated carbocycles. The average Bonchev–Trinajstić information content (AvgIpc) is 2.29. The number of nitrogens with one attached hydrogen (secondary N) is 1. The van der Waals surface area contributed by atoms with E-state index in [-0.39, 0.29) is 0 Å². The molecule has 1 aromatic rings. The Morgan fingerprint density at radius 3 is 2.53 bits per heavy atom. The minimum atomic E-state index is 1.07. The fraction of sp³-hybridized carbons (Fsp3) is 0.538. The lowest BCUT2D eigenvalue weighted by molar-refractivity contribution is 0.349. The van der Waals surface area contributed by atoms with Gasteiger partial charge in [0.25, 0.3) is 0 Å². The van der Waals surface area contributed by atoms with Gasteiger partial charge in [-0.1, -0.05) is 37.3 Å². The van der Waals surface area contributed by atoms with Crippen LogP contribution < -0.4 is 5.32 Å². The lowest BCUT2D eigenvalue weighted by Gasteiger charge is -2.13. The van der Waals surface area contributed by atoms with E-state index in [1.54, 1.807) is 0 Å². The summed E-state index contributed by atoms with van der Waals surface area (Å²) in [5, 5.41) is 3.46. The summed E-state index contributed by atoms with van der Waals surface area (Å²) in [6.07, 6.45) is 1.12. The second kappa shape index (κ2) is 7.43. The maximum Gasteiger partial charge on any atom is 0.0104 e. The van der Waals surface area contributed by atoms with Crippen molar-refractivity contribution in [3.8, 4) is 0 Å². The first-order valence-electron chi connectivity index (χ1n) is 5.76. The Balaban J connectivity index is 2.03. The first-order valence-corrected chi connectivity index (χ1v) is 5.76. The summed E-state index contributed by atoms with van der Waals surface area (Å²) >= 11 is 0. The van der Waals surface area contributed by atoms with E-state index in [4.69, 9.17) is 0 Å². The summed E-state index contributed by atoms with van der Waals surface area (Å²) in [5.74, 6) is 0.